The van der Waals surface area contributed by atoms with E-state index in [0.29, 0.717) is 5.88 Å². The van der Waals surface area contributed by atoms with Crippen LogP contribution in [0.5, 0.6) is 0 Å². The lowest BCUT2D eigenvalue weighted by Gasteiger charge is -1.96. The molecule has 0 radical (unpaired) electrons. The van der Waals surface area contributed by atoms with E-state index in [4.69, 9.17) is 11.6 Å². The van der Waals surface area contributed by atoms with Crippen molar-refractivity contribution in [2.45, 2.75) is 33.6 Å². The number of alkyl halides is 1. The number of hydrogen-bond acceptors (Lipinski definition) is 0. The maximum Gasteiger partial charge on any atom is 0.0406 e. The smallest absolute Gasteiger partial charge is 0.0406 e. The molecular formula is C10H17Cl. The van der Waals surface area contributed by atoms with Crippen LogP contribution in [0.2, 0.25) is 0 Å². The predicted molar refractivity (Wildman–Crippen MR) is 53.1 cm³/mol. The first-order valence-corrected chi connectivity index (χ1v) is 4.55. The van der Waals surface area contributed by atoms with Crippen molar-refractivity contribution < 1.29 is 0 Å². The van der Waals surface area contributed by atoms with Gasteiger partial charge in [0.25, 0.3) is 0 Å². The standard InChI is InChI=1S/C10H17Cl/c1-9(2)5-4-6-10(3)7-8-11/h5,7H,4,6,8H2,1-3H3/b10-7-. The fraction of sp³-hybridized carbons (Fsp3) is 0.600. The minimum absolute atomic E-state index is 0.640. The van der Waals surface area contributed by atoms with E-state index in [1.54, 1.807) is 0 Å². The number of rotatable bonds is 4. The number of halogens is 1. The summed E-state index contributed by atoms with van der Waals surface area (Å²) in [5.41, 5.74) is 2.78. The van der Waals surface area contributed by atoms with Gasteiger partial charge in [-0.05, 0) is 33.6 Å². The highest BCUT2D eigenvalue weighted by molar-refractivity contribution is 6.18. The van der Waals surface area contributed by atoms with E-state index in [2.05, 4.69) is 32.9 Å². The lowest BCUT2D eigenvalue weighted by atomic mass is 10.1. The molecule has 1 heteroatoms. The van der Waals surface area contributed by atoms with Gasteiger partial charge < -0.3 is 0 Å². The predicted octanol–water partition coefficient (Wildman–Crippen LogP) is 3.92. The average Bonchev–Trinajstić information content (AvgIpc) is 1.87. The van der Waals surface area contributed by atoms with Crippen molar-refractivity contribution in [1.82, 2.24) is 0 Å². The van der Waals surface area contributed by atoms with Crippen molar-refractivity contribution >= 4 is 11.6 Å². The van der Waals surface area contributed by atoms with Gasteiger partial charge in [0.1, 0.15) is 0 Å². The third-order valence-corrected chi connectivity index (χ3v) is 1.67. The molecule has 0 fully saturated rings. The molecule has 0 N–H and O–H groups in total. The molecule has 0 unspecified atom stereocenters. The molecule has 0 aromatic carbocycles. The second-order valence-electron chi connectivity index (χ2n) is 3.02. The SMILES string of the molecule is CC(C)=CCC/C(C)=C\CCl. The first-order chi connectivity index (χ1) is 5.16. The Morgan fingerprint density at radius 3 is 2.27 bits per heavy atom. The highest BCUT2D eigenvalue weighted by Crippen LogP contribution is 2.06. The Morgan fingerprint density at radius 1 is 1.18 bits per heavy atom. The minimum Gasteiger partial charge on any atom is -0.122 e. The van der Waals surface area contributed by atoms with Gasteiger partial charge in [-0.2, -0.15) is 0 Å². The monoisotopic (exact) mass is 172 g/mol. The molecule has 0 aliphatic rings. The normalized spacial score (nSPS) is 11.5. The van der Waals surface area contributed by atoms with Crippen LogP contribution in [0.25, 0.3) is 0 Å². The van der Waals surface area contributed by atoms with Crippen LogP contribution in [0, 0.1) is 0 Å². The van der Waals surface area contributed by atoms with Crippen LogP contribution in [0.1, 0.15) is 33.6 Å². The molecule has 64 valence electrons. The summed E-state index contributed by atoms with van der Waals surface area (Å²) in [6.07, 6.45) is 6.60. The Bertz CT molecular complexity index is 150. The van der Waals surface area contributed by atoms with Gasteiger partial charge in [0.2, 0.25) is 0 Å². The first-order valence-electron chi connectivity index (χ1n) is 4.01. The molecule has 0 nitrogen and oxygen atoms in total. The lowest BCUT2D eigenvalue weighted by Crippen LogP contribution is -1.77. The van der Waals surface area contributed by atoms with Crippen LogP contribution in [-0.2, 0) is 0 Å². The van der Waals surface area contributed by atoms with E-state index < -0.39 is 0 Å². The molecule has 0 bridgehead atoms. The van der Waals surface area contributed by atoms with Gasteiger partial charge in [-0.1, -0.05) is 23.3 Å². The molecule has 0 heterocycles. The van der Waals surface area contributed by atoms with Crippen LogP contribution in [0.4, 0.5) is 0 Å². The number of allylic oxidation sites excluding steroid dienone is 4. The molecular weight excluding hydrogens is 156 g/mol. The van der Waals surface area contributed by atoms with E-state index in [1.807, 2.05) is 0 Å². The Kier molecular flexibility index (Phi) is 6.34. The fourth-order valence-electron chi connectivity index (χ4n) is 0.822. The van der Waals surface area contributed by atoms with E-state index in [9.17, 15) is 0 Å². The van der Waals surface area contributed by atoms with Crippen LogP contribution >= 0.6 is 11.6 Å². The summed E-state index contributed by atoms with van der Waals surface area (Å²) in [6, 6.07) is 0. The van der Waals surface area contributed by atoms with Crippen LogP contribution in [0.3, 0.4) is 0 Å². The third-order valence-electron chi connectivity index (χ3n) is 1.52. The summed E-state index contributed by atoms with van der Waals surface area (Å²) in [4.78, 5) is 0. The summed E-state index contributed by atoms with van der Waals surface area (Å²) in [7, 11) is 0. The zero-order chi connectivity index (χ0) is 8.69. The molecule has 0 aliphatic heterocycles. The molecule has 0 aliphatic carbocycles. The fourth-order valence-corrected chi connectivity index (χ4v) is 1.09. The first kappa shape index (κ1) is 10.8. The van der Waals surface area contributed by atoms with Crippen molar-refractivity contribution in [3.8, 4) is 0 Å². The van der Waals surface area contributed by atoms with Crippen molar-refractivity contribution in [3.05, 3.63) is 23.3 Å². The molecule has 0 saturated carbocycles. The quantitative estimate of drug-likeness (QED) is 0.446. The summed E-state index contributed by atoms with van der Waals surface area (Å²) in [6.45, 7) is 6.38. The third kappa shape index (κ3) is 7.67. The molecule has 0 saturated heterocycles. The maximum atomic E-state index is 5.55. The molecule has 11 heavy (non-hydrogen) atoms. The molecule has 0 spiro atoms. The Balaban J connectivity index is 3.54. The highest BCUT2D eigenvalue weighted by Gasteiger charge is 1.86. The second kappa shape index (κ2) is 6.48. The molecule has 0 aromatic rings. The molecule has 0 rings (SSSR count). The van der Waals surface area contributed by atoms with Gasteiger partial charge in [0.15, 0.2) is 0 Å². The van der Waals surface area contributed by atoms with Gasteiger partial charge in [-0.3, -0.25) is 0 Å². The lowest BCUT2D eigenvalue weighted by molar-refractivity contribution is 0.964. The average molecular weight is 173 g/mol. The zero-order valence-electron chi connectivity index (χ0n) is 7.65. The highest BCUT2D eigenvalue weighted by atomic mass is 35.5. The van der Waals surface area contributed by atoms with Gasteiger partial charge in [-0.25, -0.2) is 0 Å². The Hall–Kier alpha value is -0.230. The second-order valence-corrected chi connectivity index (χ2v) is 3.33. The molecule has 0 atom stereocenters. The maximum absolute atomic E-state index is 5.55. The van der Waals surface area contributed by atoms with Crippen LogP contribution < -0.4 is 0 Å². The van der Waals surface area contributed by atoms with Crippen LogP contribution in [0.15, 0.2) is 23.3 Å². The minimum atomic E-state index is 0.640. The topological polar surface area (TPSA) is 0 Å². The van der Waals surface area contributed by atoms with E-state index in [-0.39, 0.29) is 0 Å². The Morgan fingerprint density at radius 2 is 1.82 bits per heavy atom. The summed E-state index contributed by atoms with van der Waals surface area (Å²) in [5.74, 6) is 0.640. The van der Waals surface area contributed by atoms with Gasteiger partial charge >= 0.3 is 0 Å². The largest absolute Gasteiger partial charge is 0.122 e. The van der Waals surface area contributed by atoms with E-state index in [1.165, 1.54) is 11.1 Å². The molecule has 0 aromatic heterocycles. The van der Waals surface area contributed by atoms with Crippen molar-refractivity contribution in [3.63, 3.8) is 0 Å². The zero-order valence-corrected chi connectivity index (χ0v) is 8.41. The van der Waals surface area contributed by atoms with Gasteiger partial charge in [0, 0.05) is 5.88 Å². The van der Waals surface area contributed by atoms with E-state index in [0.717, 1.165) is 12.8 Å². The number of hydrogen-bond donors (Lipinski definition) is 0. The molecule has 0 amide bonds. The van der Waals surface area contributed by atoms with Crippen molar-refractivity contribution in [1.29, 1.82) is 0 Å². The van der Waals surface area contributed by atoms with Crippen molar-refractivity contribution in [2.75, 3.05) is 5.88 Å². The summed E-state index contributed by atoms with van der Waals surface area (Å²) < 4.78 is 0. The van der Waals surface area contributed by atoms with Crippen LogP contribution in [-0.4, -0.2) is 5.88 Å². The van der Waals surface area contributed by atoms with Gasteiger partial charge in [-0.15, -0.1) is 11.6 Å². The van der Waals surface area contributed by atoms with Crippen molar-refractivity contribution in [2.24, 2.45) is 0 Å². The summed E-state index contributed by atoms with van der Waals surface area (Å²) in [5, 5.41) is 0. The summed E-state index contributed by atoms with van der Waals surface area (Å²) >= 11 is 5.55. The van der Waals surface area contributed by atoms with E-state index >= 15 is 0 Å². The van der Waals surface area contributed by atoms with Gasteiger partial charge in [0.05, 0.1) is 0 Å². The Labute approximate surface area is 74.9 Å².